The molecule has 17 heavy (non-hydrogen) atoms. The van der Waals surface area contributed by atoms with Gasteiger partial charge in [-0.1, -0.05) is 0 Å². The zero-order chi connectivity index (χ0) is 12.4. The molecule has 1 aromatic heterocycles. The van der Waals surface area contributed by atoms with Crippen LogP contribution in [0.25, 0.3) is 0 Å². The van der Waals surface area contributed by atoms with Crippen LogP contribution in [0.4, 0.5) is 5.82 Å². The van der Waals surface area contributed by atoms with Crippen LogP contribution in [0, 0.1) is 18.3 Å². The lowest BCUT2D eigenvalue weighted by molar-refractivity contribution is -0.109. The van der Waals surface area contributed by atoms with Gasteiger partial charge in [0, 0.05) is 13.6 Å². The number of nitrogens with zero attached hydrogens (tertiary/aromatic N) is 4. The normalized spacial score (nSPS) is 20.1. The summed E-state index contributed by atoms with van der Waals surface area (Å²) in [5.74, 6) is 0.779. The summed E-state index contributed by atoms with van der Waals surface area (Å²) in [6.07, 6.45) is 3.96. The Balaban J connectivity index is 2.45. The maximum absolute atomic E-state index is 11.1. The summed E-state index contributed by atoms with van der Waals surface area (Å²) < 4.78 is 1.70. The van der Waals surface area contributed by atoms with Gasteiger partial charge in [-0.15, -0.1) is 0 Å². The minimum atomic E-state index is -0.120. The van der Waals surface area contributed by atoms with Crippen LogP contribution >= 0.6 is 0 Å². The molecule has 0 saturated carbocycles. The standard InChI is InChI=1S/C12H16N4O/c1-9-11(7-13)12(15(2)14-9)16-6-4-3-5-10(16)8-17/h8,10H,3-6H2,1-2H3. The quantitative estimate of drug-likeness (QED) is 0.718. The molecule has 2 rings (SSSR count). The van der Waals surface area contributed by atoms with Gasteiger partial charge in [0.1, 0.15) is 23.7 Å². The van der Waals surface area contributed by atoms with Gasteiger partial charge in [0.2, 0.25) is 0 Å². The molecule has 0 N–H and O–H groups in total. The van der Waals surface area contributed by atoms with Crippen LogP contribution in [0.2, 0.25) is 0 Å². The molecule has 1 saturated heterocycles. The summed E-state index contributed by atoms with van der Waals surface area (Å²) in [5, 5.41) is 13.4. The van der Waals surface area contributed by atoms with E-state index >= 15 is 0 Å². The Labute approximate surface area is 101 Å². The van der Waals surface area contributed by atoms with Crippen LogP contribution in [0.3, 0.4) is 0 Å². The molecule has 0 bridgehead atoms. The zero-order valence-electron chi connectivity index (χ0n) is 10.2. The Morgan fingerprint density at radius 1 is 1.53 bits per heavy atom. The third-order valence-electron chi connectivity index (χ3n) is 3.28. The number of anilines is 1. The fraction of sp³-hybridized carbons (Fsp3) is 0.583. The number of carbonyl (C=O) groups excluding carboxylic acids is 1. The number of carbonyl (C=O) groups is 1. The van der Waals surface area contributed by atoms with Gasteiger partial charge in [0.15, 0.2) is 0 Å². The van der Waals surface area contributed by atoms with Gasteiger partial charge in [-0.05, 0) is 26.2 Å². The predicted octanol–water partition coefficient (Wildman–Crippen LogP) is 1.16. The summed E-state index contributed by atoms with van der Waals surface area (Å²) in [4.78, 5) is 13.1. The summed E-state index contributed by atoms with van der Waals surface area (Å²) in [6, 6.07) is 2.07. The maximum Gasteiger partial charge on any atom is 0.145 e. The predicted molar refractivity (Wildman–Crippen MR) is 63.7 cm³/mol. The Kier molecular flexibility index (Phi) is 3.14. The number of nitriles is 1. The van der Waals surface area contributed by atoms with Crippen LogP contribution in [0.15, 0.2) is 0 Å². The van der Waals surface area contributed by atoms with E-state index in [9.17, 15) is 10.1 Å². The first-order valence-corrected chi connectivity index (χ1v) is 5.84. The molecule has 0 aromatic carbocycles. The largest absolute Gasteiger partial charge is 0.346 e. The Morgan fingerprint density at radius 3 is 2.94 bits per heavy atom. The van der Waals surface area contributed by atoms with Crippen LogP contribution in [0.1, 0.15) is 30.5 Å². The monoisotopic (exact) mass is 232 g/mol. The summed E-state index contributed by atoms with van der Waals surface area (Å²) in [5.41, 5.74) is 1.31. The molecule has 0 aliphatic carbocycles. The highest BCUT2D eigenvalue weighted by molar-refractivity contribution is 5.68. The smallest absolute Gasteiger partial charge is 0.145 e. The van der Waals surface area contributed by atoms with Crippen molar-refractivity contribution < 1.29 is 4.79 Å². The SMILES string of the molecule is Cc1nn(C)c(N2CCCCC2C=O)c1C#N. The number of aldehydes is 1. The lowest BCUT2D eigenvalue weighted by Crippen LogP contribution is -2.42. The van der Waals surface area contributed by atoms with Crippen LogP contribution in [-0.2, 0) is 11.8 Å². The molecule has 5 nitrogen and oxygen atoms in total. The van der Waals surface area contributed by atoms with E-state index in [-0.39, 0.29) is 6.04 Å². The van der Waals surface area contributed by atoms with Crippen LogP contribution < -0.4 is 4.90 Å². The lowest BCUT2D eigenvalue weighted by atomic mass is 10.0. The van der Waals surface area contributed by atoms with E-state index in [1.54, 1.807) is 4.68 Å². The molecule has 90 valence electrons. The highest BCUT2D eigenvalue weighted by Crippen LogP contribution is 2.28. The van der Waals surface area contributed by atoms with Crippen molar-refractivity contribution in [2.24, 2.45) is 7.05 Å². The van der Waals surface area contributed by atoms with Crippen LogP contribution in [0.5, 0.6) is 0 Å². The topological polar surface area (TPSA) is 61.9 Å². The van der Waals surface area contributed by atoms with Gasteiger partial charge in [0.05, 0.1) is 11.7 Å². The summed E-state index contributed by atoms with van der Waals surface area (Å²) >= 11 is 0. The fourth-order valence-electron chi connectivity index (χ4n) is 2.47. The van der Waals surface area contributed by atoms with E-state index in [1.807, 2.05) is 18.9 Å². The minimum absolute atomic E-state index is 0.120. The van der Waals surface area contributed by atoms with Gasteiger partial charge in [-0.2, -0.15) is 10.4 Å². The van der Waals surface area contributed by atoms with Gasteiger partial charge in [-0.3, -0.25) is 4.68 Å². The molecule has 0 amide bonds. The van der Waals surface area contributed by atoms with Crippen molar-refractivity contribution in [2.45, 2.75) is 32.2 Å². The molecule has 1 aliphatic heterocycles. The highest BCUT2D eigenvalue weighted by atomic mass is 16.1. The number of piperidine rings is 1. The van der Waals surface area contributed by atoms with E-state index < -0.39 is 0 Å². The second kappa shape index (κ2) is 4.58. The zero-order valence-corrected chi connectivity index (χ0v) is 10.2. The van der Waals surface area contributed by atoms with Gasteiger partial charge >= 0.3 is 0 Å². The number of aromatic nitrogens is 2. The highest BCUT2D eigenvalue weighted by Gasteiger charge is 2.27. The van der Waals surface area contributed by atoms with E-state index in [2.05, 4.69) is 11.2 Å². The third-order valence-corrected chi connectivity index (χ3v) is 3.28. The van der Waals surface area contributed by atoms with Crippen molar-refractivity contribution in [3.63, 3.8) is 0 Å². The molecule has 2 heterocycles. The van der Waals surface area contributed by atoms with E-state index in [0.29, 0.717) is 5.56 Å². The average Bonchev–Trinajstić information content (AvgIpc) is 2.63. The second-order valence-corrected chi connectivity index (χ2v) is 4.41. The molecule has 1 unspecified atom stereocenters. The molecule has 5 heteroatoms. The van der Waals surface area contributed by atoms with Crippen LogP contribution in [-0.4, -0.2) is 28.7 Å². The Hall–Kier alpha value is -1.83. The van der Waals surface area contributed by atoms with Crippen molar-refractivity contribution in [3.05, 3.63) is 11.3 Å². The number of hydrogen-bond acceptors (Lipinski definition) is 4. The number of hydrogen-bond donors (Lipinski definition) is 0. The summed E-state index contributed by atoms with van der Waals surface area (Å²) in [7, 11) is 1.82. The van der Waals surface area contributed by atoms with Gasteiger partial charge in [-0.25, -0.2) is 0 Å². The molecule has 1 aliphatic rings. The lowest BCUT2D eigenvalue weighted by Gasteiger charge is -2.34. The Bertz CT molecular complexity index is 472. The molecule has 0 radical (unpaired) electrons. The van der Waals surface area contributed by atoms with Crippen molar-refractivity contribution in [1.29, 1.82) is 5.26 Å². The minimum Gasteiger partial charge on any atom is -0.346 e. The molecule has 1 aromatic rings. The maximum atomic E-state index is 11.1. The van der Waals surface area contributed by atoms with Crippen molar-refractivity contribution >= 4 is 12.1 Å². The molecule has 0 spiro atoms. The molecular weight excluding hydrogens is 216 g/mol. The first kappa shape index (κ1) is 11.6. The number of aryl methyl sites for hydroxylation is 2. The molecule has 1 atom stereocenters. The third kappa shape index (κ3) is 1.91. The van der Waals surface area contributed by atoms with Crippen molar-refractivity contribution in [1.82, 2.24) is 9.78 Å². The van der Waals surface area contributed by atoms with Gasteiger partial charge in [0.25, 0.3) is 0 Å². The summed E-state index contributed by atoms with van der Waals surface area (Å²) in [6.45, 7) is 2.64. The number of rotatable bonds is 2. The van der Waals surface area contributed by atoms with Crippen molar-refractivity contribution in [3.8, 4) is 6.07 Å². The second-order valence-electron chi connectivity index (χ2n) is 4.41. The molecule has 1 fully saturated rings. The fourth-order valence-corrected chi connectivity index (χ4v) is 2.47. The first-order valence-electron chi connectivity index (χ1n) is 5.84. The Morgan fingerprint density at radius 2 is 2.29 bits per heavy atom. The van der Waals surface area contributed by atoms with Gasteiger partial charge < -0.3 is 9.69 Å². The van der Waals surface area contributed by atoms with E-state index in [0.717, 1.165) is 43.6 Å². The molecular formula is C12H16N4O. The first-order chi connectivity index (χ1) is 8.19. The van der Waals surface area contributed by atoms with E-state index in [4.69, 9.17) is 0 Å². The van der Waals surface area contributed by atoms with E-state index in [1.165, 1.54) is 0 Å². The average molecular weight is 232 g/mol. The van der Waals surface area contributed by atoms with Crippen molar-refractivity contribution in [2.75, 3.05) is 11.4 Å².